The number of aryl methyl sites for hydroxylation is 1. The quantitative estimate of drug-likeness (QED) is 0.577. The van der Waals surface area contributed by atoms with Crippen LogP contribution >= 0.6 is 11.6 Å². The fourth-order valence-electron chi connectivity index (χ4n) is 3.73. The highest BCUT2D eigenvalue weighted by atomic mass is 35.5. The van der Waals surface area contributed by atoms with Gasteiger partial charge in [-0.05, 0) is 25.1 Å². The Morgan fingerprint density at radius 2 is 1.94 bits per heavy atom. The van der Waals surface area contributed by atoms with Crippen LogP contribution in [0.25, 0.3) is 11.0 Å². The van der Waals surface area contributed by atoms with Gasteiger partial charge in [-0.25, -0.2) is 14.4 Å². The summed E-state index contributed by atoms with van der Waals surface area (Å²) >= 11 is 6.29. The van der Waals surface area contributed by atoms with Crippen LogP contribution in [-0.2, 0) is 6.54 Å². The van der Waals surface area contributed by atoms with Gasteiger partial charge >= 0.3 is 0 Å². The first-order chi connectivity index (χ1) is 15.3. The van der Waals surface area contributed by atoms with Crippen LogP contribution < -0.4 is 15.8 Å². The van der Waals surface area contributed by atoms with Crippen molar-refractivity contribution in [1.82, 2.24) is 25.2 Å². The highest BCUT2D eigenvalue weighted by molar-refractivity contribution is 6.35. The standard InChI is InChI=1S/C21H21ClF2N6O2/c1-11-20(31)28-18-16(23)12(9-13(22)17(18)26-11)10-29-5-7-30(8-6-29)15-4-3-14(21(32)25-2)27-19(15)24/h3-4,9H,5-8,10H2,1-2H3,(H,25,32)(H,28,31). The number of benzene rings is 1. The van der Waals surface area contributed by atoms with E-state index in [4.69, 9.17) is 11.6 Å². The van der Waals surface area contributed by atoms with E-state index in [0.717, 1.165) is 0 Å². The first kappa shape index (κ1) is 22.1. The van der Waals surface area contributed by atoms with E-state index in [2.05, 4.69) is 20.3 Å². The summed E-state index contributed by atoms with van der Waals surface area (Å²) < 4.78 is 29.5. The predicted molar refractivity (Wildman–Crippen MR) is 117 cm³/mol. The maximum absolute atomic E-state index is 15.0. The van der Waals surface area contributed by atoms with Gasteiger partial charge in [0.15, 0.2) is 5.82 Å². The van der Waals surface area contributed by atoms with Crippen LogP contribution in [0.2, 0.25) is 5.02 Å². The molecule has 0 spiro atoms. The zero-order valence-corrected chi connectivity index (χ0v) is 18.3. The highest BCUT2D eigenvalue weighted by Crippen LogP contribution is 2.27. The lowest BCUT2D eigenvalue weighted by Crippen LogP contribution is -2.46. The number of amides is 1. The lowest BCUT2D eigenvalue weighted by Gasteiger charge is -2.36. The van der Waals surface area contributed by atoms with Gasteiger partial charge in [-0.3, -0.25) is 14.5 Å². The zero-order chi connectivity index (χ0) is 23.0. The number of pyridine rings is 1. The number of H-pyrrole nitrogens is 1. The molecule has 11 heteroatoms. The second-order valence-corrected chi connectivity index (χ2v) is 7.96. The van der Waals surface area contributed by atoms with Gasteiger partial charge in [-0.15, -0.1) is 0 Å². The largest absolute Gasteiger partial charge is 0.365 e. The van der Waals surface area contributed by atoms with Gasteiger partial charge in [-0.2, -0.15) is 4.39 Å². The maximum Gasteiger partial charge on any atom is 0.269 e. The van der Waals surface area contributed by atoms with Crippen molar-refractivity contribution in [2.45, 2.75) is 13.5 Å². The third kappa shape index (κ3) is 4.15. The molecule has 0 atom stereocenters. The van der Waals surface area contributed by atoms with Crippen molar-refractivity contribution in [3.63, 3.8) is 0 Å². The van der Waals surface area contributed by atoms with Crippen LogP contribution in [0.5, 0.6) is 0 Å². The number of piperazine rings is 1. The number of aromatic nitrogens is 3. The van der Waals surface area contributed by atoms with E-state index in [1.807, 2.05) is 9.80 Å². The summed E-state index contributed by atoms with van der Waals surface area (Å²) in [6.45, 7) is 3.91. The van der Waals surface area contributed by atoms with E-state index in [0.29, 0.717) is 37.4 Å². The van der Waals surface area contributed by atoms with Crippen LogP contribution in [-0.4, -0.2) is 59.0 Å². The van der Waals surface area contributed by atoms with E-state index >= 15 is 4.39 Å². The monoisotopic (exact) mass is 462 g/mol. The van der Waals surface area contributed by atoms with Crippen LogP contribution in [0, 0.1) is 18.7 Å². The molecule has 0 unspecified atom stereocenters. The van der Waals surface area contributed by atoms with Gasteiger partial charge in [0.05, 0.1) is 10.7 Å². The number of fused-ring (bicyclic) bond motifs is 1. The van der Waals surface area contributed by atoms with Crippen LogP contribution in [0.4, 0.5) is 14.5 Å². The highest BCUT2D eigenvalue weighted by Gasteiger charge is 2.23. The fourth-order valence-corrected chi connectivity index (χ4v) is 4.00. The summed E-state index contributed by atoms with van der Waals surface area (Å²) in [5, 5.41) is 2.67. The second kappa shape index (κ2) is 8.79. The van der Waals surface area contributed by atoms with Gasteiger partial charge in [0, 0.05) is 45.3 Å². The molecule has 32 heavy (non-hydrogen) atoms. The van der Waals surface area contributed by atoms with E-state index in [1.165, 1.54) is 32.2 Å². The number of anilines is 1. The zero-order valence-electron chi connectivity index (χ0n) is 17.5. The minimum atomic E-state index is -0.710. The van der Waals surface area contributed by atoms with Gasteiger partial charge < -0.3 is 15.2 Å². The summed E-state index contributed by atoms with van der Waals surface area (Å²) in [5.41, 5.74) is 0.642. The first-order valence-corrected chi connectivity index (χ1v) is 10.4. The van der Waals surface area contributed by atoms with Gasteiger partial charge in [0.25, 0.3) is 11.5 Å². The van der Waals surface area contributed by atoms with E-state index < -0.39 is 23.2 Å². The minimum absolute atomic E-state index is 0.00825. The van der Waals surface area contributed by atoms with Gasteiger partial charge in [0.2, 0.25) is 5.95 Å². The maximum atomic E-state index is 15.0. The molecule has 8 nitrogen and oxygen atoms in total. The molecular formula is C21H21ClF2N6O2. The SMILES string of the molecule is CNC(=O)c1ccc(N2CCN(Cc3cc(Cl)c4nc(C)c(=O)[nH]c4c3F)CC2)c(F)n1. The van der Waals surface area contributed by atoms with Gasteiger partial charge in [0.1, 0.15) is 22.4 Å². The van der Waals surface area contributed by atoms with Crippen molar-refractivity contribution < 1.29 is 13.6 Å². The molecule has 168 valence electrons. The molecule has 4 rings (SSSR count). The van der Waals surface area contributed by atoms with Crippen molar-refractivity contribution in [3.05, 3.63) is 62.3 Å². The number of hydrogen-bond donors (Lipinski definition) is 2. The summed E-state index contributed by atoms with van der Waals surface area (Å²) in [5.74, 6) is -1.72. The molecule has 1 amide bonds. The molecule has 1 fully saturated rings. The molecule has 0 radical (unpaired) electrons. The molecule has 0 bridgehead atoms. The molecule has 3 heterocycles. The normalized spacial score (nSPS) is 14.7. The average Bonchev–Trinajstić information content (AvgIpc) is 2.78. The summed E-state index contributed by atoms with van der Waals surface area (Å²) in [4.78, 5) is 37.7. The third-order valence-electron chi connectivity index (χ3n) is 5.51. The molecule has 1 saturated heterocycles. The molecule has 2 N–H and O–H groups in total. The fraction of sp³-hybridized carbons (Fsp3) is 0.333. The van der Waals surface area contributed by atoms with Crippen molar-refractivity contribution in [3.8, 4) is 0 Å². The van der Waals surface area contributed by atoms with Crippen LogP contribution in [0.15, 0.2) is 23.0 Å². The van der Waals surface area contributed by atoms with Crippen molar-refractivity contribution >= 4 is 34.2 Å². The summed E-state index contributed by atoms with van der Waals surface area (Å²) in [6.07, 6.45) is 0. The van der Waals surface area contributed by atoms with Crippen molar-refractivity contribution in [2.75, 3.05) is 38.1 Å². The summed E-state index contributed by atoms with van der Waals surface area (Å²) in [7, 11) is 1.45. The number of hydrogen-bond acceptors (Lipinski definition) is 6. The molecular weight excluding hydrogens is 442 g/mol. The smallest absolute Gasteiger partial charge is 0.269 e. The molecule has 3 aromatic rings. The Morgan fingerprint density at radius 1 is 1.22 bits per heavy atom. The predicted octanol–water partition coefficient (Wildman–Crippen LogP) is 2.24. The van der Waals surface area contributed by atoms with Crippen molar-refractivity contribution in [1.29, 1.82) is 0 Å². The molecule has 1 aliphatic rings. The Bertz CT molecular complexity index is 1260. The van der Waals surface area contributed by atoms with Crippen LogP contribution in [0.1, 0.15) is 21.7 Å². The molecule has 1 aromatic carbocycles. The number of carbonyl (C=O) groups excluding carboxylic acids is 1. The minimum Gasteiger partial charge on any atom is -0.365 e. The van der Waals surface area contributed by atoms with E-state index in [-0.39, 0.29) is 34.0 Å². The Hall–Kier alpha value is -3.11. The van der Waals surface area contributed by atoms with Gasteiger partial charge in [-0.1, -0.05) is 11.6 Å². The Morgan fingerprint density at radius 3 is 2.59 bits per heavy atom. The topological polar surface area (TPSA) is 94.2 Å². The number of halogens is 3. The number of rotatable bonds is 4. The first-order valence-electron chi connectivity index (χ1n) is 10.0. The number of nitrogens with zero attached hydrogens (tertiary/aromatic N) is 4. The number of carbonyl (C=O) groups is 1. The summed E-state index contributed by atoms with van der Waals surface area (Å²) in [6, 6.07) is 4.54. The van der Waals surface area contributed by atoms with E-state index in [9.17, 15) is 14.0 Å². The number of nitrogens with one attached hydrogen (secondary N) is 2. The van der Waals surface area contributed by atoms with Crippen molar-refractivity contribution in [2.24, 2.45) is 0 Å². The molecule has 0 saturated carbocycles. The molecule has 2 aromatic heterocycles. The molecule has 0 aliphatic carbocycles. The van der Waals surface area contributed by atoms with Crippen LogP contribution in [0.3, 0.4) is 0 Å². The molecule has 1 aliphatic heterocycles. The average molecular weight is 463 g/mol. The lowest BCUT2D eigenvalue weighted by molar-refractivity contribution is 0.0957. The third-order valence-corrected chi connectivity index (χ3v) is 5.80. The Labute approximate surface area is 187 Å². The Balaban J connectivity index is 1.48. The Kier molecular flexibility index (Phi) is 6.07. The number of aromatic amines is 1. The lowest BCUT2D eigenvalue weighted by atomic mass is 10.1. The second-order valence-electron chi connectivity index (χ2n) is 7.56. The van der Waals surface area contributed by atoms with E-state index in [1.54, 1.807) is 0 Å².